The van der Waals surface area contributed by atoms with E-state index < -0.39 is 0 Å². The van der Waals surface area contributed by atoms with Gasteiger partial charge in [-0.2, -0.15) is 5.26 Å². The maximum absolute atomic E-state index is 13.4. The van der Waals surface area contributed by atoms with Gasteiger partial charge in [0.1, 0.15) is 12.6 Å². The van der Waals surface area contributed by atoms with Crippen LogP contribution in [0.25, 0.3) is 0 Å². The molecule has 3 fully saturated rings. The fourth-order valence-corrected chi connectivity index (χ4v) is 7.10. The van der Waals surface area contributed by atoms with Gasteiger partial charge in [-0.25, -0.2) is 0 Å². The molecule has 0 bridgehead atoms. The van der Waals surface area contributed by atoms with Crippen LogP contribution in [-0.4, -0.2) is 25.8 Å². The summed E-state index contributed by atoms with van der Waals surface area (Å²) in [5, 5.41) is 9.54. The Morgan fingerprint density at radius 3 is 2.85 bits per heavy atom. The molecule has 0 radical (unpaired) electrons. The fourth-order valence-electron chi connectivity index (χ4n) is 7.10. The minimum Gasteiger partial charge on any atom is -0.359 e. The quantitative estimate of drug-likeness (QED) is 0.708. The molecule has 26 heavy (non-hydrogen) atoms. The Morgan fingerprint density at radius 2 is 2.12 bits per heavy atom. The van der Waals surface area contributed by atoms with E-state index in [9.17, 15) is 10.1 Å². The molecule has 7 atom stereocenters. The number of carbonyl (C=O) groups excluding carboxylic acids is 1. The molecule has 142 valence electrons. The van der Waals surface area contributed by atoms with Gasteiger partial charge in [-0.1, -0.05) is 19.9 Å². The largest absolute Gasteiger partial charge is 0.359 e. The Labute approximate surface area is 156 Å². The average molecular weight is 357 g/mol. The van der Waals surface area contributed by atoms with Crippen LogP contribution in [0.2, 0.25) is 0 Å². The van der Waals surface area contributed by atoms with Crippen molar-refractivity contribution in [1.29, 1.82) is 5.26 Å². The Balaban J connectivity index is 1.58. The summed E-state index contributed by atoms with van der Waals surface area (Å²) >= 11 is 0. The van der Waals surface area contributed by atoms with Crippen LogP contribution in [0.3, 0.4) is 0 Å². The summed E-state index contributed by atoms with van der Waals surface area (Å²) in [7, 11) is 1.67. The number of hydrogen-bond acceptors (Lipinski definition) is 4. The molecule has 0 amide bonds. The van der Waals surface area contributed by atoms with Crippen molar-refractivity contribution in [1.82, 2.24) is 0 Å². The maximum Gasteiger partial charge on any atom is 0.146 e. The molecule has 0 aromatic rings. The number of carbonyl (C=O) groups is 1. The lowest BCUT2D eigenvalue weighted by atomic mass is 9.44. The van der Waals surface area contributed by atoms with Crippen LogP contribution in [0.1, 0.15) is 58.8 Å². The molecule has 0 N–H and O–H groups in total. The number of Topliss-reactive ketones (excluding diaryl/α,β-unsaturated/α-hetero) is 1. The van der Waals surface area contributed by atoms with Crippen LogP contribution in [0.5, 0.6) is 0 Å². The second-order valence-corrected chi connectivity index (χ2v) is 9.52. The molecule has 0 saturated heterocycles. The van der Waals surface area contributed by atoms with Crippen LogP contribution >= 0.6 is 0 Å². The zero-order chi connectivity index (χ0) is 18.5. The Kier molecular flexibility index (Phi) is 4.52. The third kappa shape index (κ3) is 2.51. The number of nitrogens with zero attached hydrogens (tertiary/aromatic N) is 1. The number of nitriles is 1. The first-order valence-corrected chi connectivity index (χ1v) is 10.2. The highest BCUT2D eigenvalue weighted by Gasteiger charge is 2.61. The second kappa shape index (κ2) is 6.46. The van der Waals surface area contributed by atoms with E-state index in [0.717, 1.165) is 37.7 Å². The van der Waals surface area contributed by atoms with Gasteiger partial charge >= 0.3 is 0 Å². The molecule has 0 aromatic carbocycles. The lowest BCUT2D eigenvalue weighted by Crippen LogP contribution is -2.57. The zero-order valence-corrected chi connectivity index (χ0v) is 16.3. The first kappa shape index (κ1) is 18.2. The number of fused-ring (bicyclic) bond motifs is 5. The van der Waals surface area contributed by atoms with E-state index in [1.165, 1.54) is 6.42 Å². The van der Waals surface area contributed by atoms with Crippen LogP contribution in [0.4, 0.5) is 0 Å². The van der Waals surface area contributed by atoms with E-state index in [1.54, 1.807) is 7.11 Å². The average Bonchev–Trinajstić information content (AvgIpc) is 2.95. The molecule has 0 spiro atoms. The molecule has 4 heteroatoms. The number of rotatable bonds is 3. The summed E-state index contributed by atoms with van der Waals surface area (Å²) in [4.78, 5) is 13.4. The van der Waals surface area contributed by atoms with E-state index in [1.807, 2.05) is 0 Å². The summed E-state index contributed by atoms with van der Waals surface area (Å²) < 4.78 is 10.9. The standard InChI is InChI=1S/C22H31NO3/c1-21-9-8-16(26-13-25-3)10-14(21)4-6-17-18-7-5-15(12-23)22(18,2)11-19(24)20(17)21/h5,14,16-18,20H,4,6-11,13H2,1-3H3/t14-,16+,17-,18-,20+,21-,22+/m0/s1. The van der Waals surface area contributed by atoms with Crippen molar-refractivity contribution in [3.63, 3.8) is 0 Å². The number of methoxy groups -OCH3 is 1. The summed E-state index contributed by atoms with van der Waals surface area (Å²) in [5.41, 5.74) is 0.747. The molecular weight excluding hydrogens is 326 g/mol. The molecule has 0 aliphatic heterocycles. The highest BCUT2D eigenvalue weighted by molar-refractivity contribution is 5.85. The number of ether oxygens (including phenoxy) is 2. The zero-order valence-electron chi connectivity index (χ0n) is 16.3. The second-order valence-electron chi connectivity index (χ2n) is 9.52. The molecular formula is C22H31NO3. The molecule has 0 heterocycles. The molecule has 4 aliphatic rings. The highest BCUT2D eigenvalue weighted by atomic mass is 16.7. The summed E-state index contributed by atoms with van der Waals surface area (Å²) in [6.45, 7) is 4.90. The van der Waals surface area contributed by atoms with Gasteiger partial charge in [0.05, 0.1) is 12.2 Å². The number of allylic oxidation sites excluding steroid dienone is 2. The first-order valence-electron chi connectivity index (χ1n) is 10.2. The molecule has 4 aliphatic carbocycles. The molecule has 4 rings (SSSR count). The fraction of sp³-hybridized carbons (Fsp3) is 0.818. The first-order chi connectivity index (χ1) is 12.4. The molecule has 4 nitrogen and oxygen atoms in total. The predicted octanol–water partition coefficient (Wildman–Crippen LogP) is 4.26. The van der Waals surface area contributed by atoms with Gasteiger partial charge < -0.3 is 9.47 Å². The van der Waals surface area contributed by atoms with Crippen molar-refractivity contribution in [3.8, 4) is 6.07 Å². The summed E-state index contributed by atoms with van der Waals surface area (Å²) in [5.74, 6) is 2.08. The van der Waals surface area contributed by atoms with E-state index in [2.05, 4.69) is 26.0 Å². The predicted molar refractivity (Wildman–Crippen MR) is 97.9 cm³/mol. The Morgan fingerprint density at radius 1 is 1.31 bits per heavy atom. The van der Waals surface area contributed by atoms with Gasteiger partial charge in [-0.15, -0.1) is 0 Å². The van der Waals surface area contributed by atoms with Gasteiger partial charge in [0.15, 0.2) is 0 Å². The molecule has 0 unspecified atom stereocenters. The van der Waals surface area contributed by atoms with Crippen LogP contribution in [0, 0.1) is 45.8 Å². The van der Waals surface area contributed by atoms with E-state index in [4.69, 9.17) is 9.47 Å². The minimum absolute atomic E-state index is 0.101. The Hall–Kier alpha value is -1.18. The summed E-state index contributed by atoms with van der Waals surface area (Å²) in [6.07, 6.45) is 9.39. The lowest BCUT2D eigenvalue weighted by Gasteiger charge is -2.59. The topological polar surface area (TPSA) is 59.3 Å². The van der Waals surface area contributed by atoms with E-state index in [-0.39, 0.29) is 22.9 Å². The van der Waals surface area contributed by atoms with E-state index >= 15 is 0 Å². The van der Waals surface area contributed by atoms with Gasteiger partial charge in [0.25, 0.3) is 0 Å². The Bertz CT molecular complexity index is 665. The van der Waals surface area contributed by atoms with E-state index in [0.29, 0.717) is 36.8 Å². The summed E-state index contributed by atoms with van der Waals surface area (Å²) in [6, 6.07) is 2.39. The number of hydrogen-bond donors (Lipinski definition) is 0. The SMILES string of the molecule is COCO[C@@H]1CC[C@@]2(C)[C@@H](CC[C@@H]3[C@@H]2C(=O)C[C@]2(C)C(C#N)=CC[C@@H]32)C1. The maximum atomic E-state index is 13.4. The van der Waals surface area contributed by atoms with Crippen molar-refractivity contribution in [2.24, 2.45) is 34.5 Å². The van der Waals surface area contributed by atoms with Crippen LogP contribution < -0.4 is 0 Å². The van der Waals surface area contributed by atoms with Gasteiger partial charge in [-0.05, 0) is 61.7 Å². The lowest BCUT2D eigenvalue weighted by molar-refractivity contribution is -0.165. The number of ketones is 1. The van der Waals surface area contributed by atoms with Gasteiger partial charge in [0.2, 0.25) is 0 Å². The third-order valence-electron chi connectivity index (χ3n) is 8.43. The monoisotopic (exact) mass is 357 g/mol. The smallest absolute Gasteiger partial charge is 0.146 e. The van der Waals surface area contributed by atoms with Crippen LogP contribution in [-0.2, 0) is 14.3 Å². The minimum atomic E-state index is -0.213. The normalized spacial score (nSPS) is 47.4. The molecule has 0 aromatic heterocycles. The van der Waals surface area contributed by atoms with Gasteiger partial charge in [-0.3, -0.25) is 4.79 Å². The van der Waals surface area contributed by atoms with Crippen molar-refractivity contribution in [2.75, 3.05) is 13.9 Å². The van der Waals surface area contributed by atoms with Crippen molar-refractivity contribution in [2.45, 2.75) is 64.9 Å². The van der Waals surface area contributed by atoms with Crippen molar-refractivity contribution >= 4 is 5.78 Å². The van der Waals surface area contributed by atoms with Crippen molar-refractivity contribution < 1.29 is 14.3 Å². The molecule has 3 saturated carbocycles. The third-order valence-corrected chi connectivity index (χ3v) is 8.43. The van der Waals surface area contributed by atoms with Crippen molar-refractivity contribution in [3.05, 3.63) is 11.6 Å². The van der Waals surface area contributed by atoms with Gasteiger partial charge in [0, 0.05) is 30.4 Å². The van der Waals surface area contributed by atoms with Crippen LogP contribution in [0.15, 0.2) is 11.6 Å². The highest BCUT2D eigenvalue weighted by Crippen LogP contribution is 2.65.